The fourth-order valence-corrected chi connectivity index (χ4v) is 3.80. The van der Waals surface area contributed by atoms with E-state index in [0.29, 0.717) is 18.6 Å². The second kappa shape index (κ2) is 9.36. The molecule has 2 N–H and O–H groups in total. The van der Waals surface area contributed by atoms with Crippen LogP contribution in [0, 0.1) is 19.1 Å². The van der Waals surface area contributed by atoms with E-state index in [1.807, 2.05) is 12.1 Å². The Balaban J connectivity index is 2.45. The molecule has 2 rings (SSSR count). The fourth-order valence-electron chi connectivity index (χ4n) is 3.80. The van der Waals surface area contributed by atoms with Gasteiger partial charge in [-0.1, -0.05) is 17.0 Å². The van der Waals surface area contributed by atoms with E-state index < -0.39 is 36.2 Å². The van der Waals surface area contributed by atoms with Gasteiger partial charge in [0, 0.05) is 0 Å². The minimum Gasteiger partial charge on any atom is -0.497 e. The summed E-state index contributed by atoms with van der Waals surface area (Å²) in [7, 11) is 1.58. The summed E-state index contributed by atoms with van der Waals surface area (Å²) in [6, 6.07) is 7.32. The summed E-state index contributed by atoms with van der Waals surface area (Å²) in [4.78, 5) is 19.5. The molecule has 1 unspecified atom stereocenters. The first-order chi connectivity index (χ1) is 13.4. The number of esters is 1. The summed E-state index contributed by atoms with van der Waals surface area (Å²) in [5.41, 5.74) is -0.104. The van der Waals surface area contributed by atoms with Crippen LogP contribution < -0.4 is 4.74 Å². The van der Waals surface area contributed by atoms with Crippen LogP contribution in [-0.2, 0) is 16.0 Å². The molecule has 1 aromatic rings. The molecule has 1 aromatic carbocycles. The van der Waals surface area contributed by atoms with Crippen molar-refractivity contribution in [3.63, 3.8) is 0 Å². The van der Waals surface area contributed by atoms with Gasteiger partial charge >= 0.3 is 17.2 Å². The van der Waals surface area contributed by atoms with Crippen molar-refractivity contribution in [1.29, 1.82) is 0 Å². The minimum absolute atomic E-state index is 0.218. The van der Waals surface area contributed by atoms with Gasteiger partial charge in [-0.05, 0) is 48.4 Å². The molecular formula is C21H26N2O5+2. The van der Waals surface area contributed by atoms with Crippen LogP contribution in [-0.4, -0.2) is 47.6 Å². The third-order valence-corrected chi connectivity index (χ3v) is 5.30. The maximum Gasteiger partial charge on any atom is 0.399 e. The number of aliphatic hydroxyl groups is 2. The molecule has 1 aliphatic carbocycles. The van der Waals surface area contributed by atoms with Gasteiger partial charge in [-0.2, -0.15) is 0 Å². The first-order valence-corrected chi connectivity index (χ1v) is 9.03. The maximum absolute atomic E-state index is 11.7. The van der Waals surface area contributed by atoms with Crippen LogP contribution in [0.5, 0.6) is 5.75 Å². The van der Waals surface area contributed by atoms with E-state index in [-0.39, 0.29) is 18.5 Å². The second-order valence-electron chi connectivity index (χ2n) is 6.91. The van der Waals surface area contributed by atoms with Crippen molar-refractivity contribution in [1.82, 2.24) is 0 Å². The maximum atomic E-state index is 11.7. The lowest BCUT2D eigenvalue weighted by atomic mass is 9.68. The smallest absolute Gasteiger partial charge is 0.399 e. The van der Waals surface area contributed by atoms with Gasteiger partial charge in [0.15, 0.2) is 0 Å². The van der Waals surface area contributed by atoms with Gasteiger partial charge in [0.1, 0.15) is 18.5 Å². The van der Waals surface area contributed by atoms with E-state index in [9.17, 15) is 9.90 Å². The van der Waals surface area contributed by atoms with E-state index in [1.165, 1.54) is 0 Å². The highest BCUT2D eigenvalue weighted by Crippen LogP contribution is 2.44. The zero-order valence-electron chi connectivity index (χ0n) is 16.0. The molecule has 0 amide bonds. The van der Waals surface area contributed by atoms with Crippen molar-refractivity contribution in [2.75, 3.05) is 13.7 Å². The molecule has 0 aliphatic heterocycles. The molecule has 1 saturated carbocycles. The largest absolute Gasteiger partial charge is 0.497 e. The topological polar surface area (TPSA) is 84.7 Å². The molecule has 4 atom stereocenters. The van der Waals surface area contributed by atoms with E-state index in [4.69, 9.17) is 27.7 Å². The Labute approximate surface area is 164 Å². The molecule has 0 aromatic heterocycles. The lowest BCUT2D eigenvalue weighted by Crippen LogP contribution is -2.50. The molecule has 28 heavy (non-hydrogen) atoms. The lowest BCUT2D eigenvalue weighted by Gasteiger charge is -2.36. The van der Waals surface area contributed by atoms with E-state index in [1.54, 1.807) is 19.2 Å². The molecule has 0 radical (unpaired) electrons. The SMILES string of the molecule is C#[N+]C(=C)C(Cc1ccc(OC)cc1)([N+]#C)[C@H]1C[C@@H](O)CC[C@@H]1OC(=O)CO. The predicted octanol–water partition coefficient (Wildman–Crippen LogP) is 2.48. The summed E-state index contributed by atoms with van der Waals surface area (Å²) in [5, 5.41) is 19.3. The Morgan fingerprint density at radius 1 is 1.32 bits per heavy atom. The Bertz CT molecular complexity index is 792. The Morgan fingerprint density at radius 2 is 2.00 bits per heavy atom. The molecular weight excluding hydrogens is 360 g/mol. The van der Waals surface area contributed by atoms with Crippen LogP contribution in [0.3, 0.4) is 0 Å². The molecule has 7 heteroatoms. The van der Waals surface area contributed by atoms with Gasteiger partial charge in [0.25, 0.3) is 13.1 Å². The predicted molar refractivity (Wildman–Crippen MR) is 105 cm³/mol. The number of carbonyl (C=O) groups excluding carboxylic acids is 1. The van der Waals surface area contributed by atoms with Crippen LogP contribution in [0.25, 0.3) is 9.69 Å². The zero-order valence-corrected chi connectivity index (χ0v) is 16.0. The van der Waals surface area contributed by atoms with Crippen molar-refractivity contribution in [3.8, 4) is 18.9 Å². The summed E-state index contributed by atoms with van der Waals surface area (Å²) in [5.74, 6) is -0.570. The summed E-state index contributed by atoms with van der Waals surface area (Å²) < 4.78 is 10.6. The average Bonchev–Trinajstić information content (AvgIpc) is 2.73. The molecule has 0 heterocycles. The number of ether oxygens (including phenoxy) is 2. The number of hydrogen-bond acceptors (Lipinski definition) is 5. The Morgan fingerprint density at radius 3 is 2.54 bits per heavy atom. The Kier molecular flexibility index (Phi) is 7.17. The van der Waals surface area contributed by atoms with E-state index in [0.717, 1.165) is 5.56 Å². The lowest BCUT2D eigenvalue weighted by molar-refractivity contribution is -0.160. The number of rotatable bonds is 7. The third kappa shape index (κ3) is 4.51. The molecule has 0 saturated heterocycles. The van der Waals surface area contributed by atoms with Gasteiger partial charge in [0.05, 0.1) is 25.6 Å². The van der Waals surface area contributed by atoms with Crippen LogP contribution in [0.1, 0.15) is 24.8 Å². The molecule has 0 bridgehead atoms. The van der Waals surface area contributed by atoms with Crippen LogP contribution in [0.15, 0.2) is 36.5 Å². The highest BCUT2D eigenvalue weighted by molar-refractivity contribution is 5.70. The number of benzene rings is 1. The standard InChI is InChI=1S/C21H26N2O5/c1-14(22-2)21(23-3,12-15-5-8-17(27-4)9-6-15)18-11-16(25)7-10-19(18)28-20(26)13-24/h2-3,5-6,8-9,16,18-19,24-25H,1,7,10-13H2,4H3/q+2/t16-,18-,19-,21?/m0/s1. The van der Waals surface area contributed by atoms with Gasteiger partial charge < -0.3 is 19.7 Å². The monoisotopic (exact) mass is 386 g/mol. The van der Waals surface area contributed by atoms with Gasteiger partial charge in [0.2, 0.25) is 0 Å². The second-order valence-corrected chi connectivity index (χ2v) is 6.91. The minimum atomic E-state index is -1.19. The van der Waals surface area contributed by atoms with Crippen LogP contribution in [0.2, 0.25) is 0 Å². The van der Waals surface area contributed by atoms with Crippen molar-refractivity contribution < 1.29 is 24.5 Å². The number of aliphatic hydroxyl groups excluding tert-OH is 2. The molecule has 7 nitrogen and oxygen atoms in total. The van der Waals surface area contributed by atoms with Gasteiger partial charge in [-0.3, -0.25) is 0 Å². The fraction of sp³-hybridized carbons (Fsp3) is 0.476. The third-order valence-electron chi connectivity index (χ3n) is 5.30. The zero-order chi connectivity index (χ0) is 20.7. The normalized spacial score (nSPS) is 23.5. The highest BCUT2D eigenvalue weighted by Gasteiger charge is 2.62. The van der Waals surface area contributed by atoms with Crippen LogP contribution >= 0.6 is 0 Å². The summed E-state index contributed by atoms with van der Waals surface area (Å²) in [6.45, 7) is 14.6. The average molecular weight is 386 g/mol. The first-order valence-electron chi connectivity index (χ1n) is 9.03. The molecule has 0 spiro atoms. The van der Waals surface area contributed by atoms with Crippen molar-refractivity contribution in [2.24, 2.45) is 5.92 Å². The highest BCUT2D eigenvalue weighted by atomic mass is 16.6. The van der Waals surface area contributed by atoms with Crippen molar-refractivity contribution >= 4 is 5.97 Å². The van der Waals surface area contributed by atoms with Gasteiger partial charge in [-0.25, -0.2) is 4.79 Å². The number of nitrogens with zero attached hydrogens (tertiary/aromatic N) is 2. The van der Waals surface area contributed by atoms with Crippen LogP contribution in [0.4, 0.5) is 0 Å². The van der Waals surface area contributed by atoms with E-state index in [2.05, 4.69) is 16.3 Å². The van der Waals surface area contributed by atoms with Gasteiger partial charge in [-0.15, -0.1) is 0 Å². The number of carbonyl (C=O) groups is 1. The number of methoxy groups -OCH3 is 1. The summed E-state index contributed by atoms with van der Waals surface area (Å²) >= 11 is 0. The van der Waals surface area contributed by atoms with Crippen molar-refractivity contribution in [3.05, 3.63) is 51.8 Å². The van der Waals surface area contributed by atoms with Crippen molar-refractivity contribution in [2.45, 2.75) is 43.4 Å². The molecule has 1 fully saturated rings. The quantitative estimate of drug-likeness (QED) is 0.704. The number of hydrogen-bond donors (Lipinski definition) is 2. The van der Waals surface area contributed by atoms with E-state index >= 15 is 0 Å². The first kappa shape index (κ1) is 21.4. The Hall–Kier alpha value is -2.87. The summed E-state index contributed by atoms with van der Waals surface area (Å²) in [6.07, 6.45) is 0.181. The molecule has 148 valence electrons. The molecule has 1 aliphatic rings.